The molecular weight excluding hydrogens is 368 g/mol. The molecule has 2 N–H and O–H groups in total. The van der Waals surface area contributed by atoms with Gasteiger partial charge in [-0.3, -0.25) is 10.1 Å². The Balaban J connectivity index is 1.92. The number of benzene rings is 1. The van der Waals surface area contributed by atoms with Crippen molar-refractivity contribution in [2.45, 2.75) is 32.7 Å². The number of nitrogens with one attached hydrogen (secondary N) is 2. The second-order valence-electron chi connectivity index (χ2n) is 6.59. The molecule has 0 bridgehead atoms. The van der Waals surface area contributed by atoms with E-state index in [1.165, 1.54) is 12.1 Å². The Morgan fingerprint density at radius 3 is 2.93 bits per heavy atom. The lowest BCUT2D eigenvalue weighted by Gasteiger charge is -2.35. The summed E-state index contributed by atoms with van der Waals surface area (Å²) >= 11 is 5.89. The summed E-state index contributed by atoms with van der Waals surface area (Å²) in [5.74, 6) is 1.30. The van der Waals surface area contributed by atoms with Gasteiger partial charge in [-0.1, -0.05) is 24.9 Å². The van der Waals surface area contributed by atoms with Crippen LogP contribution in [0.1, 0.15) is 26.0 Å². The van der Waals surface area contributed by atoms with Crippen molar-refractivity contribution in [1.82, 2.24) is 15.3 Å². The zero-order valence-electron chi connectivity index (χ0n) is 15.4. The maximum atomic E-state index is 11.1. The van der Waals surface area contributed by atoms with Crippen molar-refractivity contribution in [1.29, 1.82) is 0 Å². The molecule has 1 aromatic carbocycles. The van der Waals surface area contributed by atoms with Crippen molar-refractivity contribution < 1.29 is 4.92 Å². The number of aryl methyl sites for hydroxylation is 1. The van der Waals surface area contributed by atoms with Crippen molar-refractivity contribution in [2.75, 3.05) is 29.9 Å². The van der Waals surface area contributed by atoms with Crippen LogP contribution in [-0.4, -0.2) is 40.6 Å². The first kappa shape index (κ1) is 19.3. The largest absolute Gasteiger partial charge is 0.351 e. The molecule has 1 aliphatic heterocycles. The maximum absolute atomic E-state index is 11.1. The van der Waals surface area contributed by atoms with Crippen LogP contribution in [0.25, 0.3) is 0 Å². The van der Waals surface area contributed by atoms with Crippen LogP contribution < -0.4 is 15.5 Å². The van der Waals surface area contributed by atoms with Crippen LogP contribution in [-0.2, 0) is 6.42 Å². The van der Waals surface area contributed by atoms with Gasteiger partial charge in [-0.2, -0.15) is 4.98 Å². The lowest BCUT2D eigenvalue weighted by Crippen LogP contribution is -2.50. The quantitative estimate of drug-likeness (QED) is 0.575. The Bertz CT molecular complexity index is 831. The first-order chi connectivity index (χ1) is 13.0. The summed E-state index contributed by atoms with van der Waals surface area (Å²) in [4.78, 5) is 22.1. The van der Waals surface area contributed by atoms with E-state index in [2.05, 4.69) is 39.3 Å². The molecule has 2 heterocycles. The fourth-order valence-corrected chi connectivity index (χ4v) is 3.30. The van der Waals surface area contributed by atoms with Gasteiger partial charge in [0.2, 0.25) is 5.95 Å². The Kier molecular flexibility index (Phi) is 6.08. The van der Waals surface area contributed by atoms with E-state index >= 15 is 0 Å². The number of anilines is 3. The van der Waals surface area contributed by atoms with Gasteiger partial charge in [0.15, 0.2) is 0 Å². The molecule has 1 aromatic heterocycles. The first-order valence-corrected chi connectivity index (χ1v) is 9.42. The van der Waals surface area contributed by atoms with Crippen LogP contribution in [0.2, 0.25) is 5.02 Å². The molecule has 3 rings (SSSR count). The van der Waals surface area contributed by atoms with Crippen LogP contribution >= 0.6 is 11.6 Å². The van der Waals surface area contributed by atoms with Gasteiger partial charge in [-0.25, -0.2) is 4.98 Å². The van der Waals surface area contributed by atoms with E-state index in [9.17, 15) is 10.1 Å². The Morgan fingerprint density at radius 1 is 1.41 bits per heavy atom. The standard InChI is InChI=1S/C18H23ClN6O2/c1-3-4-13-10-17(24-8-7-20-11-12(24)2)23-18(21-13)22-14-5-6-15(19)16(9-14)25(26)27/h5-6,9-10,12,20H,3-4,7-8,11H2,1-2H3,(H,21,22,23). The SMILES string of the molecule is CCCc1cc(N2CCNCC2C)nc(Nc2ccc(Cl)c([N+](=O)[O-])c2)n1. The Labute approximate surface area is 163 Å². The lowest BCUT2D eigenvalue weighted by atomic mass is 10.2. The molecule has 0 aliphatic carbocycles. The molecule has 1 saturated heterocycles. The van der Waals surface area contributed by atoms with Crippen LogP contribution in [0.3, 0.4) is 0 Å². The minimum Gasteiger partial charge on any atom is -0.351 e. The highest BCUT2D eigenvalue weighted by molar-refractivity contribution is 6.32. The number of nitro benzene ring substituents is 1. The molecule has 1 fully saturated rings. The highest BCUT2D eigenvalue weighted by atomic mass is 35.5. The van der Waals surface area contributed by atoms with Crippen molar-refractivity contribution in [3.63, 3.8) is 0 Å². The fraction of sp³-hybridized carbons (Fsp3) is 0.444. The van der Waals surface area contributed by atoms with Gasteiger partial charge in [0.1, 0.15) is 10.8 Å². The molecule has 9 heteroatoms. The van der Waals surface area contributed by atoms with Gasteiger partial charge in [0, 0.05) is 49.2 Å². The van der Waals surface area contributed by atoms with E-state index in [1.54, 1.807) is 6.07 Å². The van der Waals surface area contributed by atoms with E-state index < -0.39 is 4.92 Å². The lowest BCUT2D eigenvalue weighted by molar-refractivity contribution is -0.384. The predicted molar refractivity (Wildman–Crippen MR) is 107 cm³/mol. The molecule has 2 aromatic rings. The minimum atomic E-state index is -0.504. The zero-order valence-corrected chi connectivity index (χ0v) is 16.2. The molecule has 1 unspecified atom stereocenters. The fourth-order valence-electron chi connectivity index (χ4n) is 3.11. The first-order valence-electron chi connectivity index (χ1n) is 9.04. The maximum Gasteiger partial charge on any atom is 0.289 e. The highest BCUT2D eigenvalue weighted by Crippen LogP contribution is 2.29. The van der Waals surface area contributed by atoms with E-state index in [4.69, 9.17) is 11.6 Å². The highest BCUT2D eigenvalue weighted by Gasteiger charge is 2.21. The van der Waals surface area contributed by atoms with Gasteiger partial charge in [0.05, 0.1) is 4.92 Å². The van der Waals surface area contributed by atoms with Crippen LogP contribution in [0.5, 0.6) is 0 Å². The molecule has 1 atom stereocenters. The topological polar surface area (TPSA) is 96.2 Å². The summed E-state index contributed by atoms with van der Waals surface area (Å²) in [5.41, 5.74) is 1.32. The third-order valence-electron chi connectivity index (χ3n) is 4.47. The summed E-state index contributed by atoms with van der Waals surface area (Å²) in [7, 11) is 0. The van der Waals surface area contributed by atoms with E-state index in [1.807, 2.05) is 6.07 Å². The number of piperazine rings is 1. The van der Waals surface area contributed by atoms with Gasteiger partial charge < -0.3 is 15.5 Å². The third kappa shape index (κ3) is 4.64. The van der Waals surface area contributed by atoms with E-state index in [-0.39, 0.29) is 10.7 Å². The second-order valence-corrected chi connectivity index (χ2v) is 6.99. The number of hydrogen-bond donors (Lipinski definition) is 2. The molecule has 8 nitrogen and oxygen atoms in total. The van der Waals surface area contributed by atoms with Gasteiger partial charge in [-0.15, -0.1) is 0 Å². The van der Waals surface area contributed by atoms with Crippen molar-refractivity contribution in [3.05, 3.63) is 45.1 Å². The van der Waals surface area contributed by atoms with Crippen LogP contribution in [0, 0.1) is 10.1 Å². The number of aromatic nitrogens is 2. The van der Waals surface area contributed by atoms with E-state index in [0.717, 1.165) is 44.0 Å². The number of hydrogen-bond acceptors (Lipinski definition) is 7. The van der Waals surface area contributed by atoms with Crippen molar-refractivity contribution >= 4 is 34.7 Å². The predicted octanol–water partition coefficient (Wildman–Crippen LogP) is 3.53. The molecular formula is C18H23ClN6O2. The van der Waals surface area contributed by atoms with Crippen molar-refractivity contribution in [3.8, 4) is 0 Å². The van der Waals surface area contributed by atoms with Crippen molar-refractivity contribution in [2.24, 2.45) is 0 Å². The molecule has 0 saturated carbocycles. The Morgan fingerprint density at radius 2 is 2.22 bits per heavy atom. The summed E-state index contributed by atoms with van der Waals surface area (Å²) in [6.45, 7) is 6.94. The van der Waals surface area contributed by atoms with Gasteiger partial charge in [-0.05, 0) is 25.5 Å². The van der Waals surface area contributed by atoms with Crippen LogP contribution in [0.15, 0.2) is 24.3 Å². The van der Waals surface area contributed by atoms with E-state index in [0.29, 0.717) is 17.7 Å². The average molecular weight is 391 g/mol. The molecule has 0 amide bonds. The average Bonchev–Trinajstić information content (AvgIpc) is 2.63. The number of nitrogens with zero attached hydrogens (tertiary/aromatic N) is 4. The van der Waals surface area contributed by atoms with Crippen LogP contribution in [0.4, 0.5) is 23.1 Å². The summed E-state index contributed by atoms with van der Waals surface area (Å²) in [6, 6.07) is 6.93. The minimum absolute atomic E-state index is 0.0986. The van der Waals surface area contributed by atoms with Gasteiger partial charge >= 0.3 is 0 Å². The zero-order chi connectivity index (χ0) is 19.4. The molecule has 27 heavy (non-hydrogen) atoms. The molecule has 1 aliphatic rings. The molecule has 144 valence electrons. The monoisotopic (exact) mass is 390 g/mol. The summed E-state index contributed by atoms with van der Waals surface area (Å²) in [5, 5.41) is 17.7. The Hall–Kier alpha value is -2.45. The summed E-state index contributed by atoms with van der Waals surface area (Å²) in [6.07, 6.45) is 1.81. The second kappa shape index (κ2) is 8.49. The summed E-state index contributed by atoms with van der Waals surface area (Å²) < 4.78 is 0. The molecule has 0 spiro atoms. The molecule has 0 radical (unpaired) electrons. The van der Waals surface area contributed by atoms with Gasteiger partial charge in [0.25, 0.3) is 5.69 Å². The number of rotatable bonds is 6. The number of nitro groups is 1. The third-order valence-corrected chi connectivity index (χ3v) is 4.79. The smallest absolute Gasteiger partial charge is 0.289 e. The normalized spacial score (nSPS) is 17.0. The number of halogens is 1.